The molecule has 2 aromatic carbocycles. The van der Waals surface area contributed by atoms with Gasteiger partial charge in [0.15, 0.2) is 0 Å². The van der Waals surface area contributed by atoms with E-state index in [4.69, 9.17) is 9.31 Å². The maximum absolute atomic E-state index is 6.35. The molecule has 126 valence electrons. The smallest absolute Gasteiger partial charge is 0.399 e. The van der Waals surface area contributed by atoms with Crippen LogP contribution in [0.4, 0.5) is 0 Å². The molecule has 2 aromatic rings. The van der Waals surface area contributed by atoms with Crippen LogP contribution < -0.4 is 5.46 Å². The summed E-state index contributed by atoms with van der Waals surface area (Å²) in [6.45, 7) is 8.44. The molecule has 2 aliphatic heterocycles. The number of fused-ring (bicyclic) bond motifs is 3. The summed E-state index contributed by atoms with van der Waals surface area (Å²) in [6, 6.07) is 15.4. The van der Waals surface area contributed by atoms with Gasteiger partial charge in [0.1, 0.15) is 0 Å². The first-order valence-corrected chi connectivity index (χ1v) is 10.9. The quantitative estimate of drug-likeness (QED) is 0.714. The average molecular weight is 340 g/mol. The molecule has 0 aromatic heterocycles. The Morgan fingerprint density at radius 3 is 2.04 bits per heavy atom. The van der Waals surface area contributed by atoms with E-state index in [0.717, 1.165) is 5.46 Å². The minimum Gasteiger partial charge on any atom is -0.399 e. The van der Waals surface area contributed by atoms with Crippen LogP contribution in [-0.2, 0) is 9.31 Å². The Morgan fingerprint density at radius 2 is 1.38 bits per heavy atom. The van der Waals surface area contributed by atoms with Gasteiger partial charge >= 0.3 is 7.12 Å². The summed E-state index contributed by atoms with van der Waals surface area (Å²) in [5, 5.41) is 0. The Bertz CT molecular complexity index is 810. The van der Waals surface area contributed by atoms with Gasteiger partial charge in [-0.15, -0.1) is 0 Å². The van der Waals surface area contributed by atoms with Crippen molar-refractivity contribution in [3.8, 4) is 11.1 Å². The fraction of sp³-hybridized carbons (Fsp3) is 0.400. The van der Waals surface area contributed by atoms with Crippen molar-refractivity contribution < 1.29 is 9.31 Å². The van der Waals surface area contributed by atoms with Crippen LogP contribution in [0.5, 0.6) is 0 Å². The fourth-order valence-electron chi connectivity index (χ4n) is 3.66. The van der Waals surface area contributed by atoms with E-state index in [1.165, 1.54) is 20.9 Å². The second kappa shape index (κ2) is 4.90. The van der Waals surface area contributed by atoms with E-state index < -0.39 is 10.0 Å². The molecule has 0 aliphatic carbocycles. The molecule has 0 bridgehead atoms. The molecule has 0 unspecified atom stereocenters. The van der Waals surface area contributed by atoms with Crippen molar-refractivity contribution >= 4 is 22.6 Å². The molecule has 2 aliphatic rings. The Morgan fingerprint density at radius 1 is 0.792 bits per heavy atom. The second-order valence-corrected chi connectivity index (χ2v) is 11.7. The van der Waals surface area contributed by atoms with Crippen molar-refractivity contribution in [1.82, 2.24) is 0 Å². The molecule has 0 N–H and O–H groups in total. The maximum Gasteiger partial charge on any atom is 0.495 e. The molecule has 2 nitrogen and oxygen atoms in total. The van der Waals surface area contributed by atoms with Crippen molar-refractivity contribution in [3.05, 3.63) is 42.5 Å². The van der Waals surface area contributed by atoms with Crippen molar-refractivity contribution in [2.75, 3.05) is 12.5 Å². The minimum absolute atomic E-state index is 0.314. The molecule has 1 fully saturated rings. The second-order valence-electron chi connectivity index (χ2n) is 8.13. The van der Waals surface area contributed by atoms with E-state index in [1.807, 2.05) is 0 Å². The summed E-state index contributed by atoms with van der Waals surface area (Å²) in [7, 11) is -1.30. The lowest BCUT2D eigenvalue weighted by Crippen LogP contribution is -2.41. The van der Waals surface area contributed by atoms with Crippen LogP contribution in [0.3, 0.4) is 0 Å². The summed E-state index contributed by atoms with van der Waals surface area (Å²) in [5.41, 5.74) is 3.20. The van der Waals surface area contributed by atoms with Gasteiger partial charge in [0.25, 0.3) is 0 Å². The van der Waals surface area contributed by atoms with Gasteiger partial charge in [-0.25, -0.2) is 0 Å². The molecule has 1 saturated heterocycles. The van der Waals surface area contributed by atoms with E-state index in [9.17, 15) is 0 Å². The van der Waals surface area contributed by atoms with Gasteiger partial charge in [-0.2, -0.15) is 10.0 Å². The zero-order chi connectivity index (χ0) is 17.3. The zero-order valence-corrected chi connectivity index (χ0v) is 16.2. The molecule has 0 atom stereocenters. The largest absolute Gasteiger partial charge is 0.495 e. The number of rotatable bonds is 1. The highest BCUT2D eigenvalue weighted by molar-refractivity contribution is 8.33. The Labute approximate surface area is 147 Å². The van der Waals surface area contributed by atoms with E-state index in [0.29, 0.717) is 0 Å². The van der Waals surface area contributed by atoms with Gasteiger partial charge in [0.05, 0.1) is 11.2 Å². The molecule has 2 heterocycles. The third-order valence-corrected chi connectivity index (χ3v) is 8.72. The number of benzene rings is 2. The van der Waals surface area contributed by atoms with Crippen molar-refractivity contribution in [2.45, 2.75) is 48.7 Å². The molecule has 0 spiro atoms. The third-order valence-electron chi connectivity index (χ3n) is 5.82. The average Bonchev–Trinajstić information content (AvgIpc) is 2.88. The topological polar surface area (TPSA) is 18.5 Å². The lowest BCUT2D eigenvalue weighted by atomic mass is 9.74. The number of hydrogen-bond donors (Lipinski definition) is 0. The van der Waals surface area contributed by atoms with Crippen LogP contribution in [0.2, 0.25) is 0 Å². The van der Waals surface area contributed by atoms with Crippen LogP contribution in [-0.4, -0.2) is 30.8 Å². The monoisotopic (exact) mass is 340 g/mol. The van der Waals surface area contributed by atoms with Gasteiger partial charge in [-0.1, -0.05) is 30.3 Å². The molecule has 0 radical (unpaired) electrons. The first-order chi connectivity index (χ1) is 11.2. The van der Waals surface area contributed by atoms with E-state index >= 15 is 0 Å². The molecule has 0 saturated carbocycles. The van der Waals surface area contributed by atoms with Crippen molar-refractivity contribution in [1.29, 1.82) is 0 Å². The Kier molecular flexibility index (Phi) is 3.32. The number of hydrogen-bond acceptors (Lipinski definition) is 2. The molecule has 0 amide bonds. The molecule has 4 rings (SSSR count). The van der Waals surface area contributed by atoms with Crippen molar-refractivity contribution in [3.63, 3.8) is 0 Å². The first-order valence-electron chi connectivity index (χ1n) is 8.46. The van der Waals surface area contributed by atoms with Crippen LogP contribution in [0, 0.1) is 0 Å². The zero-order valence-electron chi connectivity index (χ0n) is 15.3. The van der Waals surface area contributed by atoms with Gasteiger partial charge in [0.2, 0.25) is 0 Å². The van der Waals surface area contributed by atoms with Crippen LogP contribution in [0.1, 0.15) is 27.7 Å². The summed E-state index contributed by atoms with van der Waals surface area (Å²) >= 11 is 0. The predicted molar refractivity (Wildman–Crippen MR) is 104 cm³/mol. The Balaban J connectivity index is 1.90. The summed E-state index contributed by atoms with van der Waals surface area (Å²) in [6.07, 6.45) is 4.76. The minimum atomic E-state index is -0.986. The van der Waals surface area contributed by atoms with Gasteiger partial charge in [0, 0.05) is 9.79 Å². The molecular formula is C20H25BO2S. The van der Waals surface area contributed by atoms with Crippen LogP contribution in [0.15, 0.2) is 52.3 Å². The van der Waals surface area contributed by atoms with Gasteiger partial charge in [-0.3, -0.25) is 0 Å². The fourth-order valence-corrected chi connectivity index (χ4v) is 6.20. The maximum atomic E-state index is 6.35. The highest BCUT2D eigenvalue weighted by atomic mass is 32.3. The van der Waals surface area contributed by atoms with Crippen molar-refractivity contribution in [2.24, 2.45) is 0 Å². The molecule has 24 heavy (non-hydrogen) atoms. The summed E-state index contributed by atoms with van der Waals surface area (Å²) in [4.78, 5) is 2.90. The standard InChI is InChI=1S/C20H25BO2S/c1-19(2)20(3,4)23-21(22-19)15-11-9-13-17-18(15)14-10-7-8-12-16(14)24(17,5)6/h7-13H,1-6H3. The molecule has 4 heteroatoms. The summed E-state index contributed by atoms with van der Waals surface area (Å²) in [5.74, 6) is 0. The first kappa shape index (κ1) is 16.3. The molecular weight excluding hydrogens is 315 g/mol. The van der Waals surface area contributed by atoms with E-state index in [1.54, 1.807) is 0 Å². The highest BCUT2D eigenvalue weighted by Gasteiger charge is 2.53. The lowest BCUT2D eigenvalue weighted by molar-refractivity contribution is 0.00578. The Hall–Kier alpha value is -1.23. The van der Waals surface area contributed by atoms with Crippen LogP contribution in [0.25, 0.3) is 11.1 Å². The normalized spacial score (nSPS) is 23.7. The highest BCUT2D eigenvalue weighted by Crippen LogP contribution is 2.66. The third kappa shape index (κ3) is 2.06. The van der Waals surface area contributed by atoms with E-state index in [-0.39, 0.29) is 18.3 Å². The lowest BCUT2D eigenvalue weighted by Gasteiger charge is -2.32. The van der Waals surface area contributed by atoms with Gasteiger partial charge in [-0.05, 0) is 68.9 Å². The van der Waals surface area contributed by atoms with E-state index in [2.05, 4.69) is 82.7 Å². The SMILES string of the molecule is CC1(C)OB(c2cccc3c2-c2ccccc2S3(C)C)OC1(C)C. The van der Waals surface area contributed by atoms with Gasteiger partial charge < -0.3 is 9.31 Å². The van der Waals surface area contributed by atoms with Crippen LogP contribution >= 0.6 is 10.0 Å². The predicted octanol–water partition coefficient (Wildman–Crippen LogP) is 4.45. The summed E-state index contributed by atoms with van der Waals surface area (Å²) < 4.78 is 12.7.